The first-order valence-corrected chi connectivity index (χ1v) is 10.3. The molecular formula is C25H27N3O2. The molecule has 0 radical (unpaired) electrons. The third-order valence-corrected chi connectivity index (χ3v) is 4.87. The molecule has 1 aromatic heterocycles. The summed E-state index contributed by atoms with van der Waals surface area (Å²) in [5.41, 5.74) is 4.95. The molecule has 3 aromatic rings. The number of rotatable bonds is 9. The average Bonchev–Trinajstić information content (AvgIpc) is 2.79. The largest absolute Gasteiger partial charge is 0.323 e. The van der Waals surface area contributed by atoms with Crippen molar-refractivity contribution in [1.29, 1.82) is 0 Å². The van der Waals surface area contributed by atoms with Crippen LogP contribution in [0.2, 0.25) is 0 Å². The smallest absolute Gasteiger partial charge is 0.238 e. The molecule has 0 aliphatic rings. The van der Waals surface area contributed by atoms with Gasteiger partial charge in [-0.1, -0.05) is 68.4 Å². The number of ketones is 1. The van der Waals surface area contributed by atoms with Gasteiger partial charge in [-0.15, -0.1) is 0 Å². The predicted molar refractivity (Wildman–Crippen MR) is 120 cm³/mol. The van der Waals surface area contributed by atoms with Crippen molar-refractivity contribution in [2.24, 2.45) is 0 Å². The number of anilines is 1. The number of benzene rings is 2. The van der Waals surface area contributed by atoms with Crippen LogP contribution in [0.4, 0.5) is 5.69 Å². The maximum atomic E-state index is 12.5. The normalized spacial score (nSPS) is 10.6. The van der Waals surface area contributed by atoms with Crippen LogP contribution in [-0.4, -0.2) is 23.2 Å². The zero-order valence-corrected chi connectivity index (χ0v) is 17.4. The van der Waals surface area contributed by atoms with Crippen LogP contribution in [-0.2, 0) is 17.8 Å². The van der Waals surface area contributed by atoms with Gasteiger partial charge in [-0.2, -0.15) is 0 Å². The highest BCUT2D eigenvalue weighted by Gasteiger charge is 2.15. The zero-order valence-electron chi connectivity index (χ0n) is 17.4. The Morgan fingerprint density at radius 1 is 0.900 bits per heavy atom. The first-order valence-electron chi connectivity index (χ1n) is 10.3. The molecule has 30 heavy (non-hydrogen) atoms. The lowest BCUT2D eigenvalue weighted by molar-refractivity contribution is -0.115. The second-order valence-corrected chi connectivity index (χ2v) is 7.09. The maximum absolute atomic E-state index is 12.5. The summed E-state index contributed by atoms with van der Waals surface area (Å²) in [5.74, 6) is -0.311. The van der Waals surface area contributed by atoms with E-state index in [1.807, 2.05) is 48.5 Å². The van der Waals surface area contributed by atoms with Crippen LogP contribution in [0.25, 0.3) is 11.1 Å². The molecule has 2 N–H and O–H groups in total. The highest BCUT2D eigenvalue weighted by molar-refractivity contribution is 6.04. The Morgan fingerprint density at radius 2 is 1.67 bits per heavy atom. The molecule has 0 saturated heterocycles. The summed E-state index contributed by atoms with van der Waals surface area (Å²) >= 11 is 0. The van der Waals surface area contributed by atoms with Gasteiger partial charge in [0.2, 0.25) is 5.91 Å². The third kappa shape index (κ3) is 5.61. The number of hydrogen-bond donors (Lipinski definition) is 2. The van der Waals surface area contributed by atoms with Gasteiger partial charge in [-0.05, 0) is 29.2 Å². The maximum Gasteiger partial charge on any atom is 0.238 e. The fourth-order valence-electron chi connectivity index (χ4n) is 3.19. The molecule has 0 atom stereocenters. The molecule has 154 valence electrons. The number of aryl methyl sites for hydroxylation is 1. The van der Waals surface area contributed by atoms with Crippen LogP contribution in [0, 0.1) is 0 Å². The molecule has 0 fully saturated rings. The Balaban J connectivity index is 1.76. The fraction of sp³-hybridized carbons (Fsp3) is 0.240. The van der Waals surface area contributed by atoms with E-state index in [0.717, 1.165) is 23.1 Å². The number of carbonyl (C=O) groups is 2. The molecule has 5 nitrogen and oxygen atoms in total. The van der Waals surface area contributed by atoms with Gasteiger partial charge in [0.05, 0.1) is 12.2 Å². The van der Waals surface area contributed by atoms with Crippen LogP contribution >= 0.6 is 0 Å². The first-order chi connectivity index (χ1) is 14.6. The molecule has 2 aromatic carbocycles. The van der Waals surface area contributed by atoms with Crippen molar-refractivity contribution in [3.8, 4) is 11.1 Å². The third-order valence-electron chi connectivity index (χ3n) is 4.87. The lowest BCUT2D eigenvalue weighted by Crippen LogP contribution is -2.28. The number of aromatic nitrogens is 1. The summed E-state index contributed by atoms with van der Waals surface area (Å²) in [5, 5.41) is 5.99. The minimum atomic E-state index is -0.211. The highest BCUT2D eigenvalue weighted by atomic mass is 16.2. The number of pyridine rings is 1. The second-order valence-electron chi connectivity index (χ2n) is 7.09. The molecule has 3 rings (SSSR count). The number of Topliss-reactive ketones (excluding diaryl/α,β-unsaturated/α-hetero) is 1. The molecular weight excluding hydrogens is 374 g/mol. The van der Waals surface area contributed by atoms with Crippen molar-refractivity contribution < 1.29 is 9.59 Å². The van der Waals surface area contributed by atoms with Gasteiger partial charge in [-0.3, -0.25) is 14.6 Å². The van der Waals surface area contributed by atoms with Gasteiger partial charge >= 0.3 is 0 Å². The highest BCUT2D eigenvalue weighted by Crippen LogP contribution is 2.26. The molecule has 0 saturated carbocycles. The Hall–Kier alpha value is -3.31. The van der Waals surface area contributed by atoms with E-state index >= 15 is 0 Å². The number of nitrogens with zero attached hydrogens (tertiary/aromatic N) is 1. The van der Waals surface area contributed by atoms with Crippen molar-refractivity contribution in [2.75, 3.05) is 11.9 Å². The zero-order chi connectivity index (χ0) is 21.3. The lowest BCUT2D eigenvalue weighted by atomic mass is 10.0. The van der Waals surface area contributed by atoms with E-state index in [4.69, 9.17) is 0 Å². The van der Waals surface area contributed by atoms with E-state index in [1.54, 1.807) is 13.1 Å². The van der Waals surface area contributed by atoms with Gasteiger partial charge in [-0.25, -0.2) is 0 Å². The number of carbonyl (C=O) groups excluding carboxylic acids is 2. The molecule has 0 bridgehead atoms. The summed E-state index contributed by atoms with van der Waals surface area (Å²) in [6.07, 6.45) is 2.96. The fourth-order valence-corrected chi connectivity index (χ4v) is 3.19. The van der Waals surface area contributed by atoms with E-state index in [1.165, 1.54) is 5.56 Å². The predicted octanol–water partition coefficient (Wildman–Crippen LogP) is 4.63. The summed E-state index contributed by atoms with van der Waals surface area (Å²) in [6.45, 7) is 4.63. The Morgan fingerprint density at radius 3 is 2.40 bits per heavy atom. The molecule has 0 spiro atoms. The number of nitrogens with one attached hydrogen (secondary N) is 2. The van der Waals surface area contributed by atoms with E-state index in [9.17, 15) is 9.59 Å². The van der Waals surface area contributed by atoms with Gasteiger partial charge in [0.1, 0.15) is 5.69 Å². The second kappa shape index (κ2) is 10.5. The molecule has 0 aliphatic heterocycles. The average molecular weight is 402 g/mol. The Bertz CT molecular complexity index is 1020. The summed E-state index contributed by atoms with van der Waals surface area (Å²) in [6, 6.07) is 19.9. The van der Waals surface area contributed by atoms with Gasteiger partial charge in [0, 0.05) is 24.7 Å². The molecule has 5 heteroatoms. The monoisotopic (exact) mass is 401 g/mol. The Labute approximate surface area is 177 Å². The summed E-state index contributed by atoms with van der Waals surface area (Å²) in [4.78, 5) is 29.2. The van der Waals surface area contributed by atoms with Crippen molar-refractivity contribution in [1.82, 2.24) is 10.3 Å². The van der Waals surface area contributed by atoms with Gasteiger partial charge in [0.15, 0.2) is 5.78 Å². The van der Waals surface area contributed by atoms with Gasteiger partial charge in [0.25, 0.3) is 0 Å². The Kier molecular flexibility index (Phi) is 7.46. The summed E-state index contributed by atoms with van der Waals surface area (Å²) in [7, 11) is 0. The van der Waals surface area contributed by atoms with Crippen molar-refractivity contribution in [2.45, 2.75) is 33.2 Å². The van der Waals surface area contributed by atoms with E-state index in [2.05, 4.69) is 34.7 Å². The van der Waals surface area contributed by atoms with Crippen molar-refractivity contribution in [3.63, 3.8) is 0 Å². The van der Waals surface area contributed by atoms with Crippen LogP contribution in [0.1, 0.15) is 41.9 Å². The number of amides is 1. The minimum absolute atomic E-state index is 0.101. The van der Waals surface area contributed by atoms with Crippen molar-refractivity contribution in [3.05, 3.63) is 83.7 Å². The van der Waals surface area contributed by atoms with E-state index in [-0.39, 0.29) is 18.2 Å². The van der Waals surface area contributed by atoms with Gasteiger partial charge < -0.3 is 10.6 Å². The summed E-state index contributed by atoms with van der Waals surface area (Å²) < 4.78 is 0. The quantitative estimate of drug-likeness (QED) is 0.513. The van der Waals surface area contributed by atoms with Crippen LogP contribution in [0.5, 0.6) is 0 Å². The van der Waals surface area contributed by atoms with Crippen LogP contribution < -0.4 is 10.6 Å². The molecule has 1 heterocycles. The number of hydrogen-bond acceptors (Lipinski definition) is 4. The molecule has 0 aliphatic carbocycles. The van der Waals surface area contributed by atoms with E-state index in [0.29, 0.717) is 24.3 Å². The van der Waals surface area contributed by atoms with E-state index < -0.39 is 0 Å². The minimum Gasteiger partial charge on any atom is -0.323 e. The standard InChI is InChI=1S/C25H27N3O2/c1-3-18-11-8-12-20(13-18)21-14-22(25(27-16-21)23(29)4-2)28-24(30)17-26-15-19-9-6-5-7-10-19/h5-14,16,26H,3-4,15,17H2,1-2H3,(H,28,30). The molecule has 1 amide bonds. The van der Waals surface area contributed by atoms with Crippen LogP contribution in [0.3, 0.4) is 0 Å². The van der Waals surface area contributed by atoms with Crippen LogP contribution in [0.15, 0.2) is 66.9 Å². The lowest BCUT2D eigenvalue weighted by Gasteiger charge is -2.12. The topological polar surface area (TPSA) is 71.1 Å². The first kappa shape index (κ1) is 21.4. The molecule has 0 unspecified atom stereocenters. The SMILES string of the molecule is CCC(=O)c1ncc(-c2cccc(CC)c2)cc1NC(=O)CNCc1ccccc1. The van der Waals surface area contributed by atoms with Crippen molar-refractivity contribution >= 4 is 17.4 Å².